The van der Waals surface area contributed by atoms with E-state index in [9.17, 15) is 9.59 Å². The highest BCUT2D eigenvalue weighted by atomic mass is 16.5. The third-order valence-corrected chi connectivity index (χ3v) is 3.09. The van der Waals surface area contributed by atoms with Gasteiger partial charge >= 0.3 is 5.97 Å². The largest absolute Gasteiger partial charge is 0.493 e. The van der Waals surface area contributed by atoms with Crippen LogP contribution in [0.2, 0.25) is 0 Å². The van der Waals surface area contributed by atoms with Crippen molar-refractivity contribution in [3.05, 3.63) is 23.8 Å². The fourth-order valence-electron chi connectivity index (χ4n) is 1.76. The zero-order valence-corrected chi connectivity index (χ0v) is 13.5. The van der Waals surface area contributed by atoms with Gasteiger partial charge in [-0.1, -0.05) is 26.7 Å². The topological polar surface area (TPSA) is 61.8 Å². The first-order chi connectivity index (χ1) is 10.6. The number of methoxy groups -OCH3 is 1. The van der Waals surface area contributed by atoms with Crippen LogP contribution in [0.3, 0.4) is 0 Å². The Hall–Kier alpha value is -2.04. The Kier molecular flexibility index (Phi) is 8.04. The van der Waals surface area contributed by atoms with Crippen LogP contribution in [-0.4, -0.2) is 32.1 Å². The van der Waals surface area contributed by atoms with E-state index in [1.807, 2.05) is 6.92 Å². The normalized spacial score (nSPS) is 10.1. The number of carbonyl (C=O) groups is 2. The molecular weight excluding hydrogens is 284 g/mol. The molecule has 22 heavy (non-hydrogen) atoms. The second-order valence-electron chi connectivity index (χ2n) is 4.88. The average molecular weight is 308 g/mol. The van der Waals surface area contributed by atoms with Crippen molar-refractivity contribution in [2.75, 3.05) is 20.3 Å². The third kappa shape index (κ3) is 5.39. The molecule has 122 valence electrons. The number of hydrogen-bond acceptors (Lipinski definition) is 5. The molecule has 0 spiro atoms. The molecule has 0 aromatic heterocycles. The lowest BCUT2D eigenvalue weighted by atomic mass is 10.1. The monoisotopic (exact) mass is 308 g/mol. The van der Waals surface area contributed by atoms with E-state index >= 15 is 0 Å². The standard InChI is InChI=1S/C17H24O5/c1-4-6-10-21-13-8-9-14(16(18)17(19)20-3)15(12-13)22-11-7-5-2/h8-9,12H,4-7,10-11H2,1-3H3. The molecule has 0 aliphatic carbocycles. The Balaban J connectivity index is 2.93. The molecule has 0 atom stereocenters. The molecule has 0 amide bonds. The quantitative estimate of drug-likeness (QED) is 0.287. The van der Waals surface area contributed by atoms with Crippen molar-refractivity contribution < 1.29 is 23.8 Å². The molecule has 0 aliphatic rings. The smallest absolute Gasteiger partial charge is 0.379 e. The second kappa shape index (κ2) is 9.82. The molecule has 1 aromatic carbocycles. The van der Waals surface area contributed by atoms with E-state index in [1.165, 1.54) is 7.11 Å². The number of carbonyl (C=O) groups excluding carboxylic acids is 2. The van der Waals surface area contributed by atoms with Gasteiger partial charge in [-0.05, 0) is 25.0 Å². The highest BCUT2D eigenvalue weighted by molar-refractivity contribution is 6.41. The zero-order valence-electron chi connectivity index (χ0n) is 13.5. The first kappa shape index (κ1) is 18.0. The minimum absolute atomic E-state index is 0.200. The van der Waals surface area contributed by atoms with E-state index < -0.39 is 11.8 Å². The summed E-state index contributed by atoms with van der Waals surface area (Å²) in [7, 11) is 1.18. The summed E-state index contributed by atoms with van der Waals surface area (Å²) in [6, 6.07) is 4.86. The Morgan fingerprint density at radius 1 is 1.00 bits per heavy atom. The van der Waals surface area contributed by atoms with Crippen LogP contribution in [0.5, 0.6) is 11.5 Å². The van der Waals surface area contributed by atoms with Gasteiger partial charge in [0.15, 0.2) is 0 Å². The predicted octanol–water partition coefficient (Wildman–Crippen LogP) is 3.40. The summed E-state index contributed by atoms with van der Waals surface area (Å²) in [4.78, 5) is 23.4. The average Bonchev–Trinajstić information content (AvgIpc) is 2.54. The van der Waals surface area contributed by atoms with Gasteiger partial charge in [0.1, 0.15) is 11.5 Å². The van der Waals surface area contributed by atoms with Gasteiger partial charge in [0.2, 0.25) is 0 Å². The Bertz CT molecular complexity index is 496. The number of Topliss-reactive ketones (excluding diaryl/α,β-unsaturated/α-hetero) is 1. The lowest BCUT2D eigenvalue weighted by Gasteiger charge is -2.12. The summed E-state index contributed by atoms with van der Waals surface area (Å²) in [6.45, 7) is 5.22. The van der Waals surface area contributed by atoms with Crippen molar-refractivity contribution in [3.8, 4) is 11.5 Å². The van der Waals surface area contributed by atoms with Crippen LogP contribution in [0.1, 0.15) is 49.9 Å². The maximum absolute atomic E-state index is 12.0. The molecule has 0 saturated heterocycles. The van der Waals surface area contributed by atoms with Crippen molar-refractivity contribution in [2.24, 2.45) is 0 Å². The van der Waals surface area contributed by atoms with Gasteiger partial charge < -0.3 is 14.2 Å². The van der Waals surface area contributed by atoms with E-state index in [0.717, 1.165) is 25.7 Å². The number of esters is 1. The lowest BCUT2D eigenvalue weighted by molar-refractivity contribution is -0.135. The van der Waals surface area contributed by atoms with E-state index in [4.69, 9.17) is 9.47 Å². The maximum Gasteiger partial charge on any atom is 0.379 e. The zero-order chi connectivity index (χ0) is 16.4. The molecule has 0 bridgehead atoms. The third-order valence-electron chi connectivity index (χ3n) is 3.09. The van der Waals surface area contributed by atoms with Gasteiger partial charge in [-0.15, -0.1) is 0 Å². The van der Waals surface area contributed by atoms with Crippen molar-refractivity contribution in [1.82, 2.24) is 0 Å². The van der Waals surface area contributed by atoms with Gasteiger partial charge in [-0.3, -0.25) is 4.79 Å². The van der Waals surface area contributed by atoms with Crippen molar-refractivity contribution in [2.45, 2.75) is 39.5 Å². The van der Waals surface area contributed by atoms with Gasteiger partial charge in [0, 0.05) is 6.07 Å². The van der Waals surface area contributed by atoms with Crippen LogP contribution >= 0.6 is 0 Å². The summed E-state index contributed by atoms with van der Waals surface area (Å²) >= 11 is 0. The second-order valence-corrected chi connectivity index (χ2v) is 4.88. The minimum atomic E-state index is -0.903. The Morgan fingerprint density at radius 2 is 1.64 bits per heavy atom. The maximum atomic E-state index is 12.0. The van der Waals surface area contributed by atoms with Crippen LogP contribution in [0, 0.1) is 0 Å². The van der Waals surface area contributed by atoms with Crippen LogP contribution in [-0.2, 0) is 9.53 Å². The molecule has 1 aromatic rings. The van der Waals surface area contributed by atoms with Crippen LogP contribution in [0.25, 0.3) is 0 Å². The van der Waals surface area contributed by atoms with E-state index in [2.05, 4.69) is 11.7 Å². The Labute approximate surface area is 131 Å². The van der Waals surface area contributed by atoms with Gasteiger partial charge in [-0.25, -0.2) is 4.79 Å². The van der Waals surface area contributed by atoms with E-state index in [1.54, 1.807) is 18.2 Å². The van der Waals surface area contributed by atoms with E-state index in [-0.39, 0.29) is 5.56 Å². The molecular formula is C17H24O5. The summed E-state index contributed by atoms with van der Waals surface area (Å²) < 4.78 is 15.7. The summed E-state index contributed by atoms with van der Waals surface area (Å²) in [5.41, 5.74) is 0.200. The number of rotatable bonds is 10. The fraction of sp³-hybridized carbons (Fsp3) is 0.529. The van der Waals surface area contributed by atoms with Crippen molar-refractivity contribution in [3.63, 3.8) is 0 Å². The molecule has 0 fully saturated rings. The van der Waals surface area contributed by atoms with E-state index in [0.29, 0.717) is 24.7 Å². The SMILES string of the molecule is CCCCOc1ccc(C(=O)C(=O)OC)c(OCCCC)c1. The number of unbranched alkanes of at least 4 members (excludes halogenated alkanes) is 2. The number of benzene rings is 1. The number of ether oxygens (including phenoxy) is 3. The van der Waals surface area contributed by atoms with Crippen LogP contribution in [0.15, 0.2) is 18.2 Å². The van der Waals surface area contributed by atoms with Gasteiger partial charge in [0.05, 0.1) is 25.9 Å². The highest BCUT2D eigenvalue weighted by Gasteiger charge is 2.21. The number of ketones is 1. The lowest BCUT2D eigenvalue weighted by Crippen LogP contribution is -2.17. The molecule has 0 N–H and O–H groups in total. The minimum Gasteiger partial charge on any atom is -0.493 e. The molecule has 0 saturated carbocycles. The Morgan fingerprint density at radius 3 is 2.23 bits per heavy atom. The van der Waals surface area contributed by atoms with Gasteiger partial charge in [0.25, 0.3) is 5.78 Å². The molecule has 0 radical (unpaired) electrons. The summed E-state index contributed by atoms with van der Waals surface area (Å²) in [5.74, 6) is -0.631. The van der Waals surface area contributed by atoms with Crippen LogP contribution < -0.4 is 9.47 Å². The van der Waals surface area contributed by atoms with Crippen LogP contribution in [0.4, 0.5) is 0 Å². The molecule has 5 heteroatoms. The van der Waals surface area contributed by atoms with Crippen molar-refractivity contribution in [1.29, 1.82) is 0 Å². The van der Waals surface area contributed by atoms with Gasteiger partial charge in [-0.2, -0.15) is 0 Å². The fourth-order valence-corrected chi connectivity index (χ4v) is 1.76. The summed E-state index contributed by atoms with van der Waals surface area (Å²) in [6.07, 6.45) is 3.84. The predicted molar refractivity (Wildman–Crippen MR) is 83.6 cm³/mol. The van der Waals surface area contributed by atoms with Crippen molar-refractivity contribution >= 4 is 11.8 Å². The molecule has 0 unspecified atom stereocenters. The molecule has 0 aliphatic heterocycles. The molecule has 5 nitrogen and oxygen atoms in total. The first-order valence-corrected chi connectivity index (χ1v) is 7.66. The summed E-state index contributed by atoms with van der Waals surface area (Å²) in [5, 5.41) is 0. The molecule has 1 rings (SSSR count). The highest BCUT2D eigenvalue weighted by Crippen LogP contribution is 2.26. The first-order valence-electron chi connectivity index (χ1n) is 7.66. The molecule has 0 heterocycles. The number of hydrogen-bond donors (Lipinski definition) is 0.